The van der Waals surface area contributed by atoms with E-state index in [2.05, 4.69) is 13.2 Å². The molecule has 0 aliphatic rings. The summed E-state index contributed by atoms with van der Waals surface area (Å²) in [5, 5.41) is 18.9. The van der Waals surface area contributed by atoms with Crippen LogP contribution >= 0.6 is 0 Å². The average Bonchev–Trinajstić information content (AvgIpc) is 2.51. The molecule has 1 aromatic rings. The van der Waals surface area contributed by atoms with Crippen LogP contribution in [-0.4, -0.2) is 28.1 Å². The minimum Gasteiger partial charge on any atom is -0.507 e. The molecule has 0 aliphatic carbocycles. The highest BCUT2D eigenvalue weighted by atomic mass is 16.5. The molecular formula is C15H14O7. The minimum absolute atomic E-state index is 0.0692. The summed E-state index contributed by atoms with van der Waals surface area (Å²) < 4.78 is 9.56. The number of esters is 2. The molecule has 0 bridgehead atoms. The van der Waals surface area contributed by atoms with Crippen molar-refractivity contribution in [3.63, 3.8) is 0 Å². The molecule has 22 heavy (non-hydrogen) atoms. The predicted molar refractivity (Wildman–Crippen MR) is 75.1 cm³/mol. The van der Waals surface area contributed by atoms with Gasteiger partial charge in [0.1, 0.15) is 24.5 Å². The molecule has 1 aromatic carbocycles. The van der Waals surface area contributed by atoms with Gasteiger partial charge in [0.15, 0.2) is 0 Å². The molecule has 7 nitrogen and oxygen atoms in total. The van der Waals surface area contributed by atoms with E-state index in [9.17, 15) is 19.5 Å². The first kappa shape index (κ1) is 17.0. The maximum atomic E-state index is 11.1. The van der Waals surface area contributed by atoms with Gasteiger partial charge in [0.2, 0.25) is 0 Å². The zero-order valence-corrected chi connectivity index (χ0v) is 11.6. The SMILES string of the molecule is C=CC(=O)OCc1cc(COC(=O)C=C)c(O)c(C(=O)O)c1. The molecule has 7 heteroatoms. The minimum atomic E-state index is -1.37. The van der Waals surface area contributed by atoms with E-state index in [1.807, 2.05) is 0 Å². The lowest BCUT2D eigenvalue weighted by atomic mass is 10.0. The number of carbonyl (C=O) groups is 3. The van der Waals surface area contributed by atoms with E-state index in [1.165, 1.54) is 6.07 Å². The largest absolute Gasteiger partial charge is 0.507 e. The van der Waals surface area contributed by atoms with Crippen LogP contribution in [0.5, 0.6) is 5.75 Å². The lowest BCUT2D eigenvalue weighted by molar-refractivity contribution is -0.139. The van der Waals surface area contributed by atoms with Gasteiger partial charge >= 0.3 is 17.9 Å². The molecule has 0 fully saturated rings. The van der Waals surface area contributed by atoms with E-state index in [-0.39, 0.29) is 18.8 Å². The van der Waals surface area contributed by atoms with Gasteiger partial charge < -0.3 is 19.7 Å². The molecule has 1 rings (SSSR count). The Kier molecular flexibility index (Phi) is 5.88. The first-order valence-electron chi connectivity index (χ1n) is 6.05. The van der Waals surface area contributed by atoms with Crippen LogP contribution in [0.4, 0.5) is 0 Å². The smallest absolute Gasteiger partial charge is 0.339 e. The average molecular weight is 306 g/mol. The summed E-state index contributed by atoms with van der Waals surface area (Å²) in [7, 11) is 0. The van der Waals surface area contributed by atoms with Crippen molar-refractivity contribution in [1.82, 2.24) is 0 Å². The van der Waals surface area contributed by atoms with Crippen molar-refractivity contribution < 1.29 is 34.1 Å². The molecule has 0 atom stereocenters. The Morgan fingerprint density at radius 2 is 1.59 bits per heavy atom. The van der Waals surface area contributed by atoms with Crippen molar-refractivity contribution in [2.75, 3.05) is 0 Å². The Bertz CT molecular complexity index is 631. The maximum absolute atomic E-state index is 11.1. The summed E-state index contributed by atoms with van der Waals surface area (Å²) in [6.07, 6.45) is 1.90. The fourth-order valence-corrected chi connectivity index (χ4v) is 1.54. The highest BCUT2D eigenvalue weighted by Gasteiger charge is 2.17. The molecule has 0 aromatic heterocycles. The quantitative estimate of drug-likeness (QED) is 0.580. The van der Waals surface area contributed by atoms with Gasteiger partial charge in [-0.05, 0) is 17.7 Å². The number of carboxylic acid groups (broad SMARTS) is 1. The molecule has 0 amide bonds. The molecule has 0 unspecified atom stereocenters. The first-order chi connectivity index (χ1) is 10.4. The van der Waals surface area contributed by atoms with Gasteiger partial charge in [-0.3, -0.25) is 0 Å². The molecule has 0 heterocycles. The summed E-state index contributed by atoms with van der Waals surface area (Å²) in [6, 6.07) is 2.53. The van der Waals surface area contributed by atoms with Crippen LogP contribution < -0.4 is 0 Å². The number of carboxylic acids is 1. The van der Waals surface area contributed by atoms with Gasteiger partial charge in [-0.2, -0.15) is 0 Å². The third-order valence-electron chi connectivity index (χ3n) is 2.56. The van der Waals surface area contributed by atoms with Crippen molar-refractivity contribution in [1.29, 1.82) is 0 Å². The third kappa shape index (κ3) is 4.48. The maximum Gasteiger partial charge on any atom is 0.339 e. The Morgan fingerprint density at radius 3 is 2.09 bits per heavy atom. The first-order valence-corrected chi connectivity index (χ1v) is 6.05. The van der Waals surface area contributed by atoms with Crippen LogP contribution in [0.25, 0.3) is 0 Å². The Morgan fingerprint density at radius 1 is 1.05 bits per heavy atom. The van der Waals surface area contributed by atoms with Crippen LogP contribution in [-0.2, 0) is 32.3 Å². The van der Waals surface area contributed by atoms with Crippen LogP contribution in [0, 0.1) is 0 Å². The van der Waals surface area contributed by atoms with E-state index in [0.717, 1.165) is 18.2 Å². The molecule has 0 spiro atoms. The monoisotopic (exact) mass is 306 g/mol. The predicted octanol–water partition coefficient (Wildman–Crippen LogP) is 1.55. The fraction of sp³-hybridized carbons (Fsp3) is 0.133. The molecule has 0 aliphatic heterocycles. The number of ether oxygens (including phenoxy) is 2. The van der Waals surface area contributed by atoms with Gasteiger partial charge in [-0.15, -0.1) is 0 Å². The van der Waals surface area contributed by atoms with E-state index in [1.54, 1.807) is 0 Å². The van der Waals surface area contributed by atoms with Gasteiger partial charge in [-0.25, -0.2) is 14.4 Å². The standard InChI is InChI=1S/C15H14O7/c1-3-12(16)21-7-9-5-10(8-22-13(17)4-2)14(18)11(6-9)15(19)20/h3-6,18H,1-2,7-8H2,(H,19,20). The van der Waals surface area contributed by atoms with Crippen LogP contribution in [0.3, 0.4) is 0 Å². The van der Waals surface area contributed by atoms with Gasteiger partial charge in [0.05, 0.1) is 0 Å². The number of hydrogen-bond donors (Lipinski definition) is 2. The van der Waals surface area contributed by atoms with E-state index in [0.29, 0.717) is 5.56 Å². The second-order valence-corrected chi connectivity index (χ2v) is 4.08. The van der Waals surface area contributed by atoms with Crippen LogP contribution in [0.15, 0.2) is 37.4 Å². The second kappa shape index (κ2) is 7.63. The molecular weight excluding hydrogens is 292 g/mol. The Hall–Kier alpha value is -3.09. The molecule has 0 saturated heterocycles. The molecule has 116 valence electrons. The van der Waals surface area contributed by atoms with E-state index < -0.39 is 29.2 Å². The lowest BCUT2D eigenvalue weighted by Crippen LogP contribution is -2.07. The zero-order valence-electron chi connectivity index (χ0n) is 11.6. The number of aromatic carboxylic acids is 1. The number of benzene rings is 1. The summed E-state index contributed by atoms with van der Waals surface area (Å²) >= 11 is 0. The number of aromatic hydroxyl groups is 1. The summed E-state index contributed by atoms with van der Waals surface area (Å²) in [4.78, 5) is 33.2. The summed E-state index contributed by atoms with van der Waals surface area (Å²) in [5.74, 6) is -3.29. The number of phenols is 1. The summed E-state index contributed by atoms with van der Waals surface area (Å²) in [5.41, 5.74) is -0.00777. The number of rotatable bonds is 7. The van der Waals surface area contributed by atoms with Gasteiger partial charge in [0, 0.05) is 17.7 Å². The highest BCUT2D eigenvalue weighted by Crippen LogP contribution is 2.26. The zero-order chi connectivity index (χ0) is 16.7. The fourth-order valence-electron chi connectivity index (χ4n) is 1.54. The van der Waals surface area contributed by atoms with Crippen molar-refractivity contribution in [2.45, 2.75) is 13.2 Å². The number of carbonyl (C=O) groups excluding carboxylic acids is 2. The lowest BCUT2D eigenvalue weighted by Gasteiger charge is -2.11. The Labute approximate surface area is 126 Å². The Balaban J connectivity index is 3.07. The van der Waals surface area contributed by atoms with Crippen molar-refractivity contribution in [3.8, 4) is 5.75 Å². The van der Waals surface area contributed by atoms with E-state index in [4.69, 9.17) is 14.6 Å². The van der Waals surface area contributed by atoms with Gasteiger partial charge in [0.25, 0.3) is 0 Å². The van der Waals surface area contributed by atoms with Crippen molar-refractivity contribution in [2.24, 2.45) is 0 Å². The summed E-state index contributed by atoms with van der Waals surface area (Å²) in [6.45, 7) is 5.89. The molecule has 0 saturated carbocycles. The normalized spacial score (nSPS) is 9.64. The number of hydrogen-bond acceptors (Lipinski definition) is 6. The van der Waals surface area contributed by atoms with Crippen molar-refractivity contribution >= 4 is 17.9 Å². The highest BCUT2D eigenvalue weighted by molar-refractivity contribution is 5.91. The third-order valence-corrected chi connectivity index (χ3v) is 2.56. The van der Waals surface area contributed by atoms with Crippen LogP contribution in [0.1, 0.15) is 21.5 Å². The molecule has 0 radical (unpaired) electrons. The van der Waals surface area contributed by atoms with Crippen molar-refractivity contribution in [3.05, 3.63) is 54.1 Å². The van der Waals surface area contributed by atoms with Crippen LogP contribution in [0.2, 0.25) is 0 Å². The topological polar surface area (TPSA) is 110 Å². The second-order valence-electron chi connectivity index (χ2n) is 4.08. The van der Waals surface area contributed by atoms with E-state index >= 15 is 0 Å². The van der Waals surface area contributed by atoms with Gasteiger partial charge in [-0.1, -0.05) is 13.2 Å². The molecule has 2 N–H and O–H groups in total.